The Labute approximate surface area is 182 Å². The van der Waals surface area contributed by atoms with E-state index in [2.05, 4.69) is 12.1 Å². The van der Waals surface area contributed by atoms with Crippen LogP contribution in [0.4, 0.5) is 0 Å². The minimum Gasteiger partial charge on any atom is -0.339 e. The fourth-order valence-corrected chi connectivity index (χ4v) is 4.51. The Hall–Kier alpha value is -1.98. The van der Waals surface area contributed by atoms with Crippen LogP contribution in [0.1, 0.15) is 24.0 Å². The van der Waals surface area contributed by atoms with Crippen LogP contribution in [0.15, 0.2) is 54.6 Å². The zero-order chi connectivity index (χ0) is 20.5. The van der Waals surface area contributed by atoms with E-state index in [9.17, 15) is 9.59 Å². The van der Waals surface area contributed by atoms with Gasteiger partial charge in [0.15, 0.2) is 0 Å². The maximum absolute atomic E-state index is 12.4. The Morgan fingerprint density at radius 1 is 0.862 bits per heavy atom. The zero-order valence-corrected chi connectivity index (χ0v) is 18.1. The fraction of sp³-hybridized carbons (Fsp3) is 0.391. The predicted molar refractivity (Wildman–Crippen MR) is 120 cm³/mol. The molecule has 0 N–H and O–H groups in total. The Bertz CT molecular complexity index is 808. The summed E-state index contributed by atoms with van der Waals surface area (Å²) in [6.45, 7) is 2.52. The third kappa shape index (κ3) is 7.09. The number of amides is 2. The van der Waals surface area contributed by atoms with E-state index in [1.54, 1.807) is 11.8 Å². The molecule has 1 aliphatic heterocycles. The van der Waals surface area contributed by atoms with E-state index in [1.807, 2.05) is 52.3 Å². The summed E-state index contributed by atoms with van der Waals surface area (Å²) in [5.74, 6) is 1.57. The quantitative estimate of drug-likeness (QED) is 0.628. The first kappa shape index (κ1) is 21.7. The van der Waals surface area contributed by atoms with E-state index in [0.29, 0.717) is 38.4 Å². The molecule has 1 aliphatic rings. The largest absolute Gasteiger partial charge is 0.339 e. The number of carbonyl (C=O) groups excluding carboxylic acids is 2. The van der Waals surface area contributed by atoms with Crippen molar-refractivity contribution in [3.05, 3.63) is 70.7 Å². The van der Waals surface area contributed by atoms with Gasteiger partial charge in [0.25, 0.3) is 0 Å². The second kappa shape index (κ2) is 11.3. The Morgan fingerprint density at radius 3 is 2.21 bits per heavy atom. The third-order valence-electron chi connectivity index (χ3n) is 5.07. The lowest BCUT2D eigenvalue weighted by Crippen LogP contribution is -2.51. The van der Waals surface area contributed by atoms with Crippen LogP contribution in [0.5, 0.6) is 0 Å². The first-order valence-electron chi connectivity index (χ1n) is 10.0. The molecular weight excluding hydrogens is 404 g/mol. The van der Waals surface area contributed by atoms with Crippen molar-refractivity contribution in [1.82, 2.24) is 9.80 Å². The number of thioether (sulfide) groups is 1. The molecule has 0 unspecified atom stereocenters. The molecule has 0 bridgehead atoms. The van der Waals surface area contributed by atoms with Crippen LogP contribution >= 0.6 is 23.4 Å². The number of hydrogen-bond acceptors (Lipinski definition) is 3. The maximum Gasteiger partial charge on any atom is 0.232 e. The van der Waals surface area contributed by atoms with Gasteiger partial charge in [-0.3, -0.25) is 9.59 Å². The lowest BCUT2D eigenvalue weighted by atomic mass is 10.1. The molecule has 4 nitrogen and oxygen atoms in total. The Morgan fingerprint density at radius 2 is 1.52 bits per heavy atom. The molecule has 0 radical (unpaired) electrons. The summed E-state index contributed by atoms with van der Waals surface area (Å²) in [7, 11) is 0. The van der Waals surface area contributed by atoms with Gasteiger partial charge in [0.2, 0.25) is 11.8 Å². The van der Waals surface area contributed by atoms with Crippen LogP contribution in [0.25, 0.3) is 0 Å². The summed E-state index contributed by atoms with van der Waals surface area (Å²) < 4.78 is 0. The summed E-state index contributed by atoms with van der Waals surface area (Å²) in [4.78, 5) is 28.6. The molecule has 2 amide bonds. The van der Waals surface area contributed by atoms with Crippen molar-refractivity contribution in [1.29, 1.82) is 0 Å². The van der Waals surface area contributed by atoms with Gasteiger partial charge in [-0.15, -0.1) is 11.8 Å². The van der Waals surface area contributed by atoms with E-state index in [0.717, 1.165) is 29.2 Å². The number of piperazine rings is 1. The third-order valence-corrected chi connectivity index (χ3v) is 6.29. The smallest absolute Gasteiger partial charge is 0.232 e. The number of halogens is 1. The first-order valence-corrected chi connectivity index (χ1v) is 11.6. The number of rotatable bonds is 8. The van der Waals surface area contributed by atoms with E-state index in [4.69, 9.17) is 11.6 Å². The van der Waals surface area contributed by atoms with Crippen LogP contribution in [0, 0.1) is 0 Å². The number of benzene rings is 2. The molecule has 0 atom stereocenters. The van der Waals surface area contributed by atoms with Crippen LogP contribution in [-0.2, 0) is 21.8 Å². The van der Waals surface area contributed by atoms with Crippen molar-refractivity contribution in [3.63, 3.8) is 0 Å². The van der Waals surface area contributed by atoms with E-state index >= 15 is 0 Å². The highest BCUT2D eigenvalue weighted by molar-refractivity contribution is 7.99. The Balaban J connectivity index is 1.32. The molecule has 1 heterocycles. The topological polar surface area (TPSA) is 40.6 Å². The van der Waals surface area contributed by atoms with Crippen molar-refractivity contribution in [3.8, 4) is 0 Å². The highest BCUT2D eigenvalue weighted by atomic mass is 35.5. The van der Waals surface area contributed by atoms with Gasteiger partial charge < -0.3 is 9.80 Å². The van der Waals surface area contributed by atoms with Crippen LogP contribution in [0.2, 0.25) is 5.02 Å². The molecule has 29 heavy (non-hydrogen) atoms. The van der Waals surface area contributed by atoms with Crippen molar-refractivity contribution in [2.75, 3.05) is 31.9 Å². The molecule has 1 saturated heterocycles. The number of carbonyl (C=O) groups is 2. The van der Waals surface area contributed by atoms with Gasteiger partial charge in [-0.05, 0) is 36.1 Å². The van der Waals surface area contributed by atoms with Crippen molar-refractivity contribution >= 4 is 35.2 Å². The normalized spacial score (nSPS) is 14.1. The molecule has 2 aromatic carbocycles. The molecule has 2 aromatic rings. The molecule has 0 aliphatic carbocycles. The highest BCUT2D eigenvalue weighted by Gasteiger charge is 2.23. The van der Waals surface area contributed by atoms with E-state index in [-0.39, 0.29) is 11.8 Å². The summed E-state index contributed by atoms with van der Waals surface area (Å²) in [5.41, 5.74) is 2.40. The van der Waals surface area contributed by atoms with Gasteiger partial charge in [-0.1, -0.05) is 54.1 Å². The van der Waals surface area contributed by atoms with Gasteiger partial charge in [0.1, 0.15) is 0 Å². The molecule has 0 spiro atoms. The van der Waals surface area contributed by atoms with E-state index in [1.165, 1.54) is 5.56 Å². The summed E-state index contributed by atoms with van der Waals surface area (Å²) in [6, 6.07) is 18.0. The van der Waals surface area contributed by atoms with E-state index < -0.39 is 0 Å². The lowest BCUT2D eigenvalue weighted by molar-refractivity contribution is -0.138. The minimum atomic E-state index is 0.146. The maximum atomic E-state index is 12.4. The molecule has 0 saturated carbocycles. The average Bonchev–Trinajstić information content (AvgIpc) is 2.74. The number of nitrogens with zero attached hydrogens (tertiary/aromatic N) is 2. The van der Waals surface area contributed by atoms with Gasteiger partial charge in [0, 0.05) is 43.4 Å². The SMILES string of the molecule is O=C(CCCc1ccccc1)N1CCN(C(=O)CSCc2cccc(Cl)c2)CC1. The minimum absolute atomic E-state index is 0.146. The standard InChI is InChI=1S/C23H27ClN2O2S/c24-21-10-4-9-20(16-21)17-29-18-23(28)26-14-12-25(13-15-26)22(27)11-5-8-19-6-2-1-3-7-19/h1-4,6-7,9-10,16H,5,8,11-15,17-18H2. The van der Waals surface area contributed by atoms with Gasteiger partial charge in [0.05, 0.1) is 5.75 Å². The molecule has 0 aromatic heterocycles. The van der Waals surface area contributed by atoms with Gasteiger partial charge in [-0.2, -0.15) is 0 Å². The Kier molecular flexibility index (Phi) is 8.44. The van der Waals surface area contributed by atoms with Crippen LogP contribution < -0.4 is 0 Å². The molecule has 6 heteroatoms. The second-order valence-corrected chi connectivity index (χ2v) is 8.65. The summed E-state index contributed by atoms with van der Waals surface area (Å²) in [6.07, 6.45) is 2.36. The van der Waals surface area contributed by atoms with Crippen molar-refractivity contribution < 1.29 is 9.59 Å². The molecular formula is C23H27ClN2O2S. The highest BCUT2D eigenvalue weighted by Crippen LogP contribution is 2.17. The summed E-state index contributed by atoms with van der Waals surface area (Å²) >= 11 is 7.60. The molecule has 154 valence electrons. The fourth-order valence-electron chi connectivity index (χ4n) is 3.43. The van der Waals surface area contributed by atoms with Gasteiger partial charge >= 0.3 is 0 Å². The van der Waals surface area contributed by atoms with Gasteiger partial charge in [-0.25, -0.2) is 0 Å². The summed E-state index contributed by atoms with van der Waals surface area (Å²) in [5, 5.41) is 0.721. The molecule has 1 fully saturated rings. The van der Waals surface area contributed by atoms with Crippen LogP contribution in [0.3, 0.4) is 0 Å². The zero-order valence-electron chi connectivity index (χ0n) is 16.6. The lowest BCUT2D eigenvalue weighted by Gasteiger charge is -2.35. The average molecular weight is 431 g/mol. The predicted octanol–water partition coefficient (Wildman–Crippen LogP) is 4.27. The molecule has 3 rings (SSSR count). The first-order chi connectivity index (χ1) is 14.1. The monoisotopic (exact) mass is 430 g/mol. The number of aryl methyl sites for hydroxylation is 1. The van der Waals surface area contributed by atoms with Crippen LogP contribution in [-0.4, -0.2) is 53.5 Å². The van der Waals surface area contributed by atoms with Crippen molar-refractivity contribution in [2.45, 2.75) is 25.0 Å². The second-order valence-electron chi connectivity index (χ2n) is 7.22. The van der Waals surface area contributed by atoms with Crippen molar-refractivity contribution in [2.24, 2.45) is 0 Å². The number of hydrogen-bond donors (Lipinski definition) is 0.